The Bertz CT molecular complexity index is 959. The zero-order valence-corrected chi connectivity index (χ0v) is 16.6. The van der Waals surface area contributed by atoms with Crippen LogP contribution in [0.4, 0.5) is 4.79 Å². The summed E-state index contributed by atoms with van der Waals surface area (Å²) in [5.41, 5.74) is 2.06. The molecule has 1 saturated heterocycles. The maximum Gasteiger partial charge on any atom is 0.334 e. The molecule has 2 aromatic heterocycles. The highest BCUT2D eigenvalue weighted by molar-refractivity contribution is 7.09. The number of aryl methyl sites for hydroxylation is 1. The third-order valence-electron chi connectivity index (χ3n) is 4.78. The summed E-state index contributed by atoms with van der Waals surface area (Å²) in [4.78, 5) is 52.4. The Hall–Kier alpha value is -3.00. The van der Waals surface area contributed by atoms with E-state index in [1.54, 1.807) is 19.1 Å². The van der Waals surface area contributed by atoms with Crippen LogP contribution in [0, 0.1) is 13.8 Å². The number of imide groups is 2. The molecule has 146 valence electrons. The van der Waals surface area contributed by atoms with Crippen molar-refractivity contribution < 1.29 is 19.2 Å². The van der Waals surface area contributed by atoms with Gasteiger partial charge in [0.25, 0.3) is 0 Å². The lowest BCUT2D eigenvalue weighted by Crippen LogP contribution is -2.37. The van der Waals surface area contributed by atoms with E-state index in [2.05, 4.69) is 6.58 Å². The summed E-state index contributed by atoms with van der Waals surface area (Å²) in [5, 5.41) is 1.90. The van der Waals surface area contributed by atoms with Crippen LogP contribution in [0.1, 0.15) is 26.6 Å². The van der Waals surface area contributed by atoms with Gasteiger partial charge in [-0.1, -0.05) is 12.1 Å². The number of urea groups is 1. The minimum absolute atomic E-state index is 0.114. The molecule has 0 N–H and O–H groups in total. The molecule has 0 aliphatic carbocycles. The Morgan fingerprint density at radius 1 is 1.18 bits per heavy atom. The lowest BCUT2D eigenvalue weighted by molar-refractivity contribution is -0.143. The number of amides is 4. The first-order valence-corrected chi connectivity index (χ1v) is 9.73. The molecule has 1 aliphatic heterocycles. The van der Waals surface area contributed by atoms with E-state index >= 15 is 0 Å². The molecule has 3 heterocycles. The van der Waals surface area contributed by atoms with Crippen LogP contribution in [0.15, 0.2) is 36.2 Å². The van der Waals surface area contributed by atoms with E-state index in [1.807, 2.05) is 29.0 Å². The molecule has 28 heavy (non-hydrogen) atoms. The number of Topliss-reactive ketones (excluding diaryl/α,β-unsaturated/α-hetero) is 1. The van der Waals surface area contributed by atoms with Gasteiger partial charge in [0, 0.05) is 41.3 Å². The van der Waals surface area contributed by atoms with E-state index in [9.17, 15) is 19.2 Å². The minimum Gasteiger partial charge on any atom is -0.345 e. The summed E-state index contributed by atoms with van der Waals surface area (Å²) < 4.78 is 1.92. The smallest absolute Gasteiger partial charge is 0.334 e. The predicted octanol–water partition coefficient (Wildman–Crippen LogP) is 2.57. The van der Waals surface area contributed by atoms with Gasteiger partial charge in [0.15, 0.2) is 5.78 Å². The zero-order valence-electron chi connectivity index (χ0n) is 15.8. The second-order valence-corrected chi connectivity index (χ2v) is 7.60. The van der Waals surface area contributed by atoms with Crippen molar-refractivity contribution in [2.75, 3.05) is 13.1 Å². The second-order valence-electron chi connectivity index (χ2n) is 6.57. The fourth-order valence-corrected chi connectivity index (χ4v) is 3.98. The highest BCUT2D eigenvalue weighted by Gasteiger charge is 2.45. The molecule has 0 unspecified atom stereocenters. The van der Waals surface area contributed by atoms with Gasteiger partial charge in [-0.15, -0.1) is 17.9 Å². The SMILES string of the molecule is C=CCn1c(C)cc(C(=O)CN2C(=O)C(=O)N(CCc3cccs3)C2=O)c1C. The van der Waals surface area contributed by atoms with Crippen LogP contribution in [0.5, 0.6) is 0 Å². The number of allylic oxidation sites excluding steroid dienone is 1. The van der Waals surface area contributed by atoms with E-state index in [0.29, 0.717) is 18.5 Å². The van der Waals surface area contributed by atoms with Crippen LogP contribution in [0.2, 0.25) is 0 Å². The molecular formula is C20H21N3O4S. The number of nitrogens with zero attached hydrogens (tertiary/aromatic N) is 3. The fourth-order valence-electron chi connectivity index (χ4n) is 3.29. The summed E-state index contributed by atoms with van der Waals surface area (Å²) in [7, 11) is 0. The monoisotopic (exact) mass is 399 g/mol. The summed E-state index contributed by atoms with van der Waals surface area (Å²) >= 11 is 1.52. The van der Waals surface area contributed by atoms with Crippen LogP contribution in [0.3, 0.4) is 0 Å². The van der Waals surface area contributed by atoms with E-state index in [1.165, 1.54) is 11.3 Å². The third-order valence-corrected chi connectivity index (χ3v) is 5.72. The topological polar surface area (TPSA) is 79.7 Å². The summed E-state index contributed by atoms with van der Waals surface area (Å²) in [6.07, 6.45) is 2.21. The highest BCUT2D eigenvalue weighted by Crippen LogP contribution is 2.19. The van der Waals surface area contributed by atoms with Crippen molar-refractivity contribution in [3.05, 3.63) is 58.1 Å². The second kappa shape index (κ2) is 7.93. The molecular weight excluding hydrogens is 378 g/mol. The van der Waals surface area contributed by atoms with Gasteiger partial charge in [0.2, 0.25) is 0 Å². The molecule has 4 amide bonds. The van der Waals surface area contributed by atoms with Gasteiger partial charge in [-0.05, 0) is 31.4 Å². The van der Waals surface area contributed by atoms with Crippen LogP contribution < -0.4 is 0 Å². The van der Waals surface area contributed by atoms with E-state index in [4.69, 9.17) is 0 Å². The maximum absolute atomic E-state index is 12.7. The Morgan fingerprint density at radius 2 is 1.89 bits per heavy atom. The predicted molar refractivity (Wildman–Crippen MR) is 105 cm³/mol. The first-order chi connectivity index (χ1) is 13.3. The highest BCUT2D eigenvalue weighted by atomic mass is 32.1. The first kappa shape index (κ1) is 19.8. The van der Waals surface area contributed by atoms with E-state index in [0.717, 1.165) is 26.1 Å². The molecule has 2 aromatic rings. The van der Waals surface area contributed by atoms with Gasteiger partial charge in [-0.2, -0.15) is 0 Å². The third kappa shape index (κ3) is 3.55. The van der Waals surface area contributed by atoms with Crippen molar-refractivity contribution in [1.82, 2.24) is 14.4 Å². The number of aromatic nitrogens is 1. The van der Waals surface area contributed by atoms with Crippen LogP contribution in [-0.2, 0) is 22.6 Å². The van der Waals surface area contributed by atoms with Crippen molar-refractivity contribution >= 4 is 35.0 Å². The normalized spacial score (nSPS) is 14.3. The molecule has 7 nitrogen and oxygen atoms in total. The summed E-state index contributed by atoms with van der Waals surface area (Å²) in [6, 6.07) is 4.77. The van der Waals surface area contributed by atoms with Gasteiger partial charge in [0.1, 0.15) is 0 Å². The number of rotatable bonds is 8. The standard InChI is InChI=1S/C20H21N3O4S/c1-4-8-21-13(2)11-16(14(21)3)17(24)12-23-19(26)18(25)22(20(23)27)9-7-15-6-5-10-28-15/h4-6,10-11H,1,7-9,12H2,2-3H3. The first-order valence-electron chi connectivity index (χ1n) is 8.85. The van der Waals surface area contributed by atoms with Crippen molar-refractivity contribution in [2.45, 2.75) is 26.8 Å². The molecule has 1 aliphatic rings. The average molecular weight is 399 g/mol. The van der Waals surface area contributed by atoms with E-state index < -0.39 is 24.4 Å². The van der Waals surface area contributed by atoms with Crippen molar-refractivity contribution in [3.8, 4) is 0 Å². The molecule has 1 fully saturated rings. The Balaban J connectivity index is 1.73. The summed E-state index contributed by atoms with van der Waals surface area (Å²) in [6.45, 7) is 7.60. The van der Waals surface area contributed by atoms with Crippen LogP contribution in [-0.4, -0.2) is 51.1 Å². The fraction of sp³-hybridized carbons (Fsp3) is 0.300. The zero-order chi connectivity index (χ0) is 20.4. The lowest BCUT2D eigenvalue weighted by atomic mass is 10.1. The van der Waals surface area contributed by atoms with Gasteiger partial charge in [-0.3, -0.25) is 19.3 Å². The number of hydrogen-bond acceptors (Lipinski definition) is 5. The van der Waals surface area contributed by atoms with Crippen LogP contribution in [0.25, 0.3) is 0 Å². The maximum atomic E-state index is 12.7. The molecule has 0 bridgehead atoms. The van der Waals surface area contributed by atoms with Gasteiger partial charge in [0.05, 0.1) is 6.54 Å². The molecule has 0 radical (unpaired) electrons. The van der Waals surface area contributed by atoms with Crippen molar-refractivity contribution in [1.29, 1.82) is 0 Å². The van der Waals surface area contributed by atoms with Crippen molar-refractivity contribution in [2.24, 2.45) is 0 Å². The molecule has 0 saturated carbocycles. The molecule has 8 heteroatoms. The largest absolute Gasteiger partial charge is 0.345 e. The average Bonchev–Trinajstić information content (AvgIpc) is 3.33. The molecule has 0 atom stereocenters. The Morgan fingerprint density at radius 3 is 2.54 bits per heavy atom. The van der Waals surface area contributed by atoms with Gasteiger partial charge >= 0.3 is 17.8 Å². The Kier molecular flexibility index (Phi) is 5.60. The molecule has 0 spiro atoms. The van der Waals surface area contributed by atoms with Crippen LogP contribution >= 0.6 is 11.3 Å². The number of thiophene rings is 1. The summed E-state index contributed by atoms with van der Waals surface area (Å²) in [5.74, 6) is -2.21. The number of carbonyl (C=O) groups excluding carboxylic acids is 4. The number of carbonyl (C=O) groups is 4. The van der Waals surface area contributed by atoms with Gasteiger partial charge in [-0.25, -0.2) is 9.69 Å². The quantitative estimate of drug-likeness (QED) is 0.296. The van der Waals surface area contributed by atoms with Gasteiger partial charge < -0.3 is 4.57 Å². The lowest BCUT2D eigenvalue weighted by Gasteiger charge is -2.14. The number of hydrogen-bond donors (Lipinski definition) is 0. The van der Waals surface area contributed by atoms with E-state index in [-0.39, 0.29) is 12.3 Å². The minimum atomic E-state index is -0.954. The molecule has 0 aromatic carbocycles. The number of ketones is 1. The van der Waals surface area contributed by atoms with Crippen molar-refractivity contribution in [3.63, 3.8) is 0 Å². The Labute approximate surface area is 166 Å². The molecule has 3 rings (SSSR count).